The molecule has 0 fully saturated rings. The number of halogens is 1. The molecule has 1 heterocycles. The van der Waals surface area contributed by atoms with Crippen molar-refractivity contribution < 1.29 is 31.8 Å². The molecule has 10 heteroatoms. The Labute approximate surface area is 196 Å². The van der Waals surface area contributed by atoms with Crippen molar-refractivity contribution in [3.63, 3.8) is 0 Å². The number of sulfonamides is 1. The van der Waals surface area contributed by atoms with Crippen molar-refractivity contribution >= 4 is 21.6 Å². The van der Waals surface area contributed by atoms with Gasteiger partial charge in [0.15, 0.2) is 6.10 Å². The van der Waals surface area contributed by atoms with E-state index in [4.69, 9.17) is 14.2 Å². The number of hydrogen-bond acceptors (Lipinski definition) is 6. The van der Waals surface area contributed by atoms with E-state index in [-0.39, 0.29) is 36.2 Å². The predicted molar refractivity (Wildman–Crippen MR) is 123 cm³/mol. The summed E-state index contributed by atoms with van der Waals surface area (Å²) in [4.78, 5) is 12.8. The molecule has 8 nitrogen and oxygen atoms in total. The highest BCUT2D eigenvalue weighted by Gasteiger charge is 2.37. The number of nitrogens with one attached hydrogen (secondary N) is 1. The van der Waals surface area contributed by atoms with Crippen LogP contribution in [0.2, 0.25) is 0 Å². The van der Waals surface area contributed by atoms with Gasteiger partial charge in [0, 0.05) is 0 Å². The van der Waals surface area contributed by atoms with Crippen molar-refractivity contribution in [1.29, 1.82) is 0 Å². The molecule has 1 atom stereocenters. The van der Waals surface area contributed by atoms with E-state index in [1.165, 1.54) is 47.8 Å². The van der Waals surface area contributed by atoms with Crippen LogP contribution >= 0.6 is 0 Å². The highest BCUT2D eigenvalue weighted by atomic mass is 32.2. The van der Waals surface area contributed by atoms with E-state index in [2.05, 4.69) is 5.32 Å². The fourth-order valence-electron chi connectivity index (χ4n) is 3.43. The number of nitrogens with zero attached hydrogens (tertiary/aromatic N) is 1. The molecule has 1 aliphatic rings. The van der Waals surface area contributed by atoms with Gasteiger partial charge in [-0.15, -0.1) is 0 Å². The van der Waals surface area contributed by atoms with Gasteiger partial charge in [0.25, 0.3) is 15.9 Å². The van der Waals surface area contributed by atoms with E-state index in [9.17, 15) is 17.6 Å². The Hall–Kier alpha value is -3.79. The van der Waals surface area contributed by atoms with Crippen LogP contribution < -0.4 is 23.8 Å². The lowest BCUT2D eigenvalue weighted by molar-refractivity contribution is -0.127. The fraction of sp³-hybridized carbons (Fsp3) is 0.208. The summed E-state index contributed by atoms with van der Waals surface area (Å²) in [7, 11) is -2.47. The molecule has 3 aromatic rings. The summed E-state index contributed by atoms with van der Waals surface area (Å²) in [5, 5.41) is 2.69. The highest BCUT2D eigenvalue weighted by Crippen LogP contribution is 2.37. The smallest absolute Gasteiger partial charge is 0.264 e. The molecule has 34 heavy (non-hydrogen) atoms. The number of carbonyl (C=O) groups is 1. The third kappa shape index (κ3) is 5.07. The zero-order valence-electron chi connectivity index (χ0n) is 18.3. The molecule has 0 bridgehead atoms. The Bertz CT molecular complexity index is 1250. The van der Waals surface area contributed by atoms with Crippen LogP contribution in [0.4, 0.5) is 10.1 Å². The lowest BCUT2D eigenvalue weighted by atomic mass is 10.2. The van der Waals surface area contributed by atoms with Crippen LogP contribution in [0.5, 0.6) is 17.2 Å². The molecule has 178 valence electrons. The summed E-state index contributed by atoms with van der Waals surface area (Å²) < 4.78 is 57.3. The molecule has 0 spiro atoms. The van der Waals surface area contributed by atoms with Crippen LogP contribution in [-0.4, -0.2) is 47.2 Å². The molecular weight excluding hydrogens is 463 g/mol. The van der Waals surface area contributed by atoms with Gasteiger partial charge in [0.2, 0.25) is 0 Å². The third-order valence-corrected chi connectivity index (χ3v) is 6.95. The van der Waals surface area contributed by atoms with Gasteiger partial charge in [-0.3, -0.25) is 9.10 Å². The second-order valence-corrected chi connectivity index (χ2v) is 9.24. The summed E-state index contributed by atoms with van der Waals surface area (Å²) in [5.41, 5.74) is 0.349. The first-order valence-electron chi connectivity index (χ1n) is 10.5. The minimum absolute atomic E-state index is 0.0665. The number of anilines is 1. The van der Waals surface area contributed by atoms with Gasteiger partial charge in [-0.2, -0.15) is 0 Å². The number of para-hydroxylation sites is 2. The lowest BCUT2D eigenvalue weighted by Crippen LogP contribution is -2.51. The van der Waals surface area contributed by atoms with Gasteiger partial charge in [-0.05, 0) is 60.7 Å². The number of rotatable bonds is 8. The number of benzene rings is 3. The number of amides is 1. The maximum absolute atomic E-state index is 13.4. The molecule has 0 saturated heterocycles. The largest absolute Gasteiger partial charge is 0.497 e. The van der Waals surface area contributed by atoms with E-state index in [0.29, 0.717) is 17.2 Å². The average Bonchev–Trinajstić information content (AvgIpc) is 2.86. The van der Waals surface area contributed by atoms with Crippen LogP contribution in [0.3, 0.4) is 0 Å². The zero-order valence-corrected chi connectivity index (χ0v) is 19.1. The predicted octanol–water partition coefficient (Wildman–Crippen LogP) is 2.99. The Morgan fingerprint density at radius 3 is 2.44 bits per heavy atom. The molecule has 0 aliphatic carbocycles. The van der Waals surface area contributed by atoms with Crippen molar-refractivity contribution in [3.8, 4) is 17.2 Å². The monoisotopic (exact) mass is 486 g/mol. The van der Waals surface area contributed by atoms with Crippen molar-refractivity contribution in [2.45, 2.75) is 11.0 Å². The molecule has 0 unspecified atom stereocenters. The Balaban J connectivity index is 1.46. The Morgan fingerprint density at radius 1 is 1.06 bits per heavy atom. The normalized spacial score (nSPS) is 15.1. The standard InChI is InChI=1S/C24H23FN2O6S/c1-31-18-10-12-20(13-11-18)34(29,30)27-16-23(33-22-5-3-2-4-21(22)27)24(28)26-14-15-32-19-8-6-17(25)7-9-19/h2-13,23H,14-16H2,1H3,(H,26,28)/t23-/m1/s1. The number of ether oxygens (including phenoxy) is 3. The first-order chi connectivity index (χ1) is 16.4. The topological polar surface area (TPSA) is 94.2 Å². The van der Waals surface area contributed by atoms with Crippen molar-refractivity contribution in [2.75, 3.05) is 31.1 Å². The number of fused-ring (bicyclic) bond motifs is 1. The summed E-state index contributed by atoms with van der Waals surface area (Å²) in [6.07, 6.45) is -1.06. The van der Waals surface area contributed by atoms with Gasteiger partial charge >= 0.3 is 0 Å². The maximum Gasteiger partial charge on any atom is 0.264 e. The molecule has 1 aliphatic heterocycles. The highest BCUT2D eigenvalue weighted by molar-refractivity contribution is 7.92. The van der Waals surface area contributed by atoms with Crippen LogP contribution in [0.1, 0.15) is 0 Å². The van der Waals surface area contributed by atoms with Gasteiger partial charge in [0.05, 0.1) is 30.8 Å². The number of methoxy groups -OCH3 is 1. The Morgan fingerprint density at radius 2 is 1.74 bits per heavy atom. The lowest BCUT2D eigenvalue weighted by Gasteiger charge is -2.34. The first kappa shape index (κ1) is 23.4. The second-order valence-electron chi connectivity index (χ2n) is 7.38. The van der Waals surface area contributed by atoms with Gasteiger partial charge in [0.1, 0.15) is 29.7 Å². The minimum atomic E-state index is -3.97. The van der Waals surface area contributed by atoms with Gasteiger partial charge in [-0.1, -0.05) is 12.1 Å². The summed E-state index contributed by atoms with van der Waals surface area (Å²) in [6.45, 7) is 0.105. The SMILES string of the molecule is COc1ccc(S(=O)(=O)N2C[C@H](C(=O)NCCOc3ccc(F)cc3)Oc3ccccc32)cc1. The van der Waals surface area contributed by atoms with Crippen LogP contribution in [-0.2, 0) is 14.8 Å². The summed E-state index contributed by atoms with van der Waals surface area (Å²) >= 11 is 0. The molecule has 0 aromatic heterocycles. The van der Waals surface area contributed by atoms with E-state index in [0.717, 1.165) is 0 Å². The molecule has 1 amide bonds. The minimum Gasteiger partial charge on any atom is -0.497 e. The fourth-order valence-corrected chi connectivity index (χ4v) is 4.91. The Kier molecular flexibility index (Phi) is 6.87. The van der Waals surface area contributed by atoms with E-state index >= 15 is 0 Å². The van der Waals surface area contributed by atoms with E-state index < -0.39 is 22.0 Å². The van der Waals surface area contributed by atoms with Gasteiger partial charge in [-0.25, -0.2) is 12.8 Å². The van der Waals surface area contributed by atoms with Crippen LogP contribution in [0.15, 0.2) is 77.7 Å². The van der Waals surface area contributed by atoms with Crippen LogP contribution in [0.25, 0.3) is 0 Å². The van der Waals surface area contributed by atoms with Crippen molar-refractivity contribution in [1.82, 2.24) is 5.32 Å². The summed E-state index contributed by atoms with van der Waals surface area (Å²) in [5.74, 6) is 0.432. The number of hydrogen-bond donors (Lipinski definition) is 1. The molecule has 0 saturated carbocycles. The summed E-state index contributed by atoms with van der Waals surface area (Å²) in [6, 6.07) is 18.2. The average molecular weight is 487 g/mol. The third-order valence-electron chi connectivity index (χ3n) is 5.16. The maximum atomic E-state index is 13.4. The quantitative estimate of drug-likeness (QED) is 0.492. The molecule has 1 N–H and O–H groups in total. The zero-order chi connectivity index (χ0) is 24.1. The molecule has 4 rings (SSSR count). The van der Waals surface area contributed by atoms with Crippen LogP contribution in [0, 0.1) is 5.82 Å². The second kappa shape index (κ2) is 10.0. The van der Waals surface area contributed by atoms with Crippen molar-refractivity contribution in [3.05, 3.63) is 78.6 Å². The molecule has 3 aromatic carbocycles. The molecule has 0 radical (unpaired) electrons. The molecular formula is C24H23FN2O6S. The van der Waals surface area contributed by atoms with E-state index in [1.807, 2.05) is 0 Å². The van der Waals surface area contributed by atoms with Gasteiger partial charge < -0.3 is 19.5 Å². The number of carbonyl (C=O) groups excluding carboxylic acids is 1. The van der Waals surface area contributed by atoms with Crippen molar-refractivity contribution in [2.24, 2.45) is 0 Å². The first-order valence-corrected chi connectivity index (χ1v) is 11.9. The van der Waals surface area contributed by atoms with E-state index in [1.54, 1.807) is 36.4 Å².